The van der Waals surface area contributed by atoms with Crippen molar-refractivity contribution in [3.63, 3.8) is 0 Å². The lowest BCUT2D eigenvalue weighted by Gasteiger charge is -2.29. The normalized spacial score (nSPS) is 15.8. The van der Waals surface area contributed by atoms with Gasteiger partial charge >= 0.3 is 0 Å². The maximum absolute atomic E-state index is 12.9. The maximum atomic E-state index is 12.9. The fraction of sp³-hybridized carbons (Fsp3) is 0.333. The highest BCUT2D eigenvalue weighted by Crippen LogP contribution is 2.35. The molecule has 0 saturated carbocycles. The van der Waals surface area contributed by atoms with E-state index in [1.54, 1.807) is 0 Å². The molecule has 9 heteroatoms. The fourth-order valence-corrected chi connectivity index (χ4v) is 5.17. The smallest absolute Gasteiger partial charge is 0.260 e. The zero-order valence-corrected chi connectivity index (χ0v) is 18.0. The Morgan fingerprint density at radius 3 is 2.77 bits per heavy atom. The van der Waals surface area contributed by atoms with Crippen molar-refractivity contribution in [2.24, 2.45) is 0 Å². The number of aryl methyl sites for hydroxylation is 1. The number of likely N-dealkylation sites (tertiary alicyclic amines) is 1. The number of nitrogens with zero attached hydrogens (tertiary/aromatic N) is 4. The Morgan fingerprint density at radius 1 is 1.23 bits per heavy atom. The van der Waals surface area contributed by atoms with E-state index < -0.39 is 0 Å². The first-order valence-electron chi connectivity index (χ1n) is 9.86. The summed E-state index contributed by atoms with van der Waals surface area (Å²) in [5.41, 5.74) is 1.56. The lowest BCUT2D eigenvalue weighted by atomic mass is 9.97. The molecule has 4 aromatic rings. The average molecular weight is 442 g/mol. The zero-order chi connectivity index (χ0) is 20.7. The number of hydrogen-bond donors (Lipinski definition) is 1. The average Bonchev–Trinajstić information content (AvgIpc) is 3.36. The number of aromatic amines is 1. The number of piperidine rings is 1. The predicted octanol–water partition coefficient (Wildman–Crippen LogP) is 4.38. The first-order valence-corrected chi connectivity index (χ1v) is 11.1. The van der Waals surface area contributed by atoms with Gasteiger partial charge in [0.2, 0.25) is 5.89 Å². The summed E-state index contributed by atoms with van der Waals surface area (Å²) in [6.07, 6.45) is 1.90. The highest BCUT2D eigenvalue weighted by atomic mass is 35.5. The second-order valence-corrected chi connectivity index (χ2v) is 8.82. The molecular formula is C21H20ClN5O2S. The minimum absolute atomic E-state index is 0.123. The van der Waals surface area contributed by atoms with E-state index in [1.165, 1.54) is 11.3 Å². The highest BCUT2D eigenvalue weighted by molar-refractivity contribution is 7.17. The Hall–Kier alpha value is -2.55. The van der Waals surface area contributed by atoms with E-state index in [2.05, 4.69) is 20.0 Å². The van der Waals surface area contributed by atoms with Crippen molar-refractivity contribution < 1.29 is 4.52 Å². The van der Waals surface area contributed by atoms with Crippen molar-refractivity contribution in [3.05, 3.63) is 62.6 Å². The van der Waals surface area contributed by atoms with E-state index in [0.29, 0.717) is 34.5 Å². The summed E-state index contributed by atoms with van der Waals surface area (Å²) in [6.45, 7) is 4.23. The lowest BCUT2D eigenvalue weighted by Crippen LogP contribution is -2.33. The Labute approximate surface area is 181 Å². The van der Waals surface area contributed by atoms with Crippen LogP contribution in [0.15, 0.2) is 39.0 Å². The van der Waals surface area contributed by atoms with Crippen LogP contribution in [0.2, 0.25) is 5.02 Å². The van der Waals surface area contributed by atoms with Crippen molar-refractivity contribution in [3.8, 4) is 11.1 Å². The third kappa shape index (κ3) is 3.66. The van der Waals surface area contributed by atoms with Crippen LogP contribution < -0.4 is 5.56 Å². The van der Waals surface area contributed by atoms with Gasteiger partial charge in [-0.05, 0) is 38.9 Å². The molecule has 0 bridgehead atoms. The first-order chi connectivity index (χ1) is 14.6. The number of H-pyrrole nitrogens is 1. The number of hydrogen-bond acceptors (Lipinski definition) is 7. The molecule has 154 valence electrons. The van der Waals surface area contributed by atoms with Crippen molar-refractivity contribution >= 4 is 33.2 Å². The molecule has 3 aromatic heterocycles. The third-order valence-electron chi connectivity index (χ3n) is 5.51. The Morgan fingerprint density at radius 2 is 2.03 bits per heavy atom. The second kappa shape index (κ2) is 7.94. The van der Waals surface area contributed by atoms with Gasteiger partial charge in [-0.2, -0.15) is 4.98 Å². The van der Waals surface area contributed by atoms with Crippen molar-refractivity contribution in [1.82, 2.24) is 25.0 Å². The summed E-state index contributed by atoms with van der Waals surface area (Å²) in [6, 6.07) is 7.55. The van der Waals surface area contributed by atoms with E-state index in [1.807, 2.05) is 36.6 Å². The molecule has 1 aliphatic rings. The lowest BCUT2D eigenvalue weighted by molar-refractivity contribution is 0.184. The van der Waals surface area contributed by atoms with Crippen LogP contribution in [-0.4, -0.2) is 38.1 Å². The monoisotopic (exact) mass is 441 g/mol. The maximum Gasteiger partial charge on any atom is 0.260 e. The molecule has 0 amide bonds. The molecule has 0 spiro atoms. The molecule has 1 fully saturated rings. The van der Waals surface area contributed by atoms with Gasteiger partial charge in [0.05, 0.1) is 11.9 Å². The van der Waals surface area contributed by atoms with Crippen molar-refractivity contribution in [1.29, 1.82) is 0 Å². The molecular weight excluding hydrogens is 422 g/mol. The van der Waals surface area contributed by atoms with Crippen LogP contribution in [0.5, 0.6) is 0 Å². The van der Waals surface area contributed by atoms with Crippen LogP contribution >= 0.6 is 22.9 Å². The molecule has 0 radical (unpaired) electrons. The molecule has 1 aromatic carbocycles. The van der Waals surface area contributed by atoms with E-state index >= 15 is 0 Å². The van der Waals surface area contributed by atoms with Gasteiger partial charge < -0.3 is 9.51 Å². The first kappa shape index (κ1) is 19.4. The van der Waals surface area contributed by atoms with E-state index in [0.717, 1.165) is 47.8 Å². The Bertz CT molecular complexity index is 1260. The Balaban J connectivity index is 1.34. The quantitative estimate of drug-likeness (QED) is 0.505. The van der Waals surface area contributed by atoms with Crippen LogP contribution in [0.25, 0.3) is 21.3 Å². The van der Waals surface area contributed by atoms with Crippen molar-refractivity contribution in [2.75, 3.05) is 13.1 Å². The van der Waals surface area contributed by atoms with Crippen LogP contribution in [0.3, 0.4) is 0 Å². The van der Waals surface area contributed by atoms with Crippen LogP contribution in [0.4, 0.5) is 0 Å². The van der Waals surface area contributed by atoms with Gasteiger partial charge in [-0.15, -0.1) is 11.3 Å². The van der Waals surface area contributed by atoms with Gasteiger partial charge in [0.25, 0.3) is 5.56 Å². The van der Waals surface area contributed by atoms with Gasteiger partial charge in [0, 0.05) is 27.4 Å². The van der Waals surface area contributed by atoms with Gasteiger partial charge in [0.1, 0.15) is 10.7 Å². The van der Waals surface area contributed by atoms with Crippen molar-refractivity contribution in [2.45, 2.75) is 32.2 Å². The largest absolute Gasteiger partial charge is 0.339 e. The SMILES string of the molecule is Cc1noc(C2CCN(Cc3nc4scc(-c5ccccc5Cl)c4c(=O)[nH]3)CC2)n1. The minimum atomic E-state index is -0.123. The number of fused-ring (bicyclic) bond motifs is 1. The van der Waals surface area contributed by atoms with Gasteiger partial charge in [-0.1, -0.05) is 35.0 Å². The van der Waals surface area contributed by atoms with E-state index in [4.69, 9.17) is 21.1 Å². The topological polar surface area (TPSA) is 87.9 Å². The summed E-state index contributed by atoms with van der Waals surface area (Å²) in [5, 5.41) is 7.07. The molecule has 0 atom stereocenters. The number of aromatic nitrogens is 4. The van der Waals surface area contributed by atoms with E-state index in [-0.39, 0.29) is 5.56 Å². The number of benzene rings is 1. The number of halogens is 1. The van der Waals surface area contributed by atoms with Crippen LogP contribution in [0.1, 0.15) is 36.3 Å². The summed E-state index contributed by atoms with van der Waals surface area (Å²) >= 11 is 7.81. The van der Waals surface area contributed by atoms with Crippen LogP contribution in [0, 0.1) is 6.92 Å². The molecule has 1 saturated heterocycles. The standard InChI is InChI=1S/C21H20ClN5O2S/c1-12-23-20(29-26-12)13-6-8-27(9-7-13)10-17-24-19(28)18-15(11-30-21(18)25-17)14-4-2-3-5-16(14)22/h2-5,11,13H,6-10H2,1H3,(H,24,25,28). The molecule has 0 unspecified atom stereocenters. The van der Waals surface area contributed by atoms with Gasteiger partial charge in [-0.25, -0.2) is 4.98 Å². The van der Waals surface area contributed by atoms with E-state index in [9.17, 15) is 4.79 Å². The number of thiophene rings is 1. The van der Waals surface area contributed by atoms with Crippen LogP contribution in [-0.2, 0) is 6.54 Å². The molecule has 1 N–H and O–H groups in total. The number of rotatable bonds is 4. The Kier molecular flexibility index (Phi) is 5.14. The molecule has 1 aliphatic heterocycles. The highest BCUT2D eigenvalue weighted by Gasteiger charge is 2.25. The summed E-state index contributed by atoms with van der Waals surface area (Å²) in [7, 11) is 0. The summed E-state index contributed by atoms with van der Waals surface area (Å²) in [4.78, 5) is 28.0. The van der Waals surface area contributed by atoms with Gasteiger partial charge in [0.15, 0.2) is 5.82 Å². The molecule has 7 nitrogen and oxygen atoms in total. The zero-order valence-electron chi connectivity index (χ0n) is 16.4. The second-order valence-electron chi connectivity index (χ2n) is 7.55. The number of nitrogens with one attached hydrogen (secondary N) is 1. The third-order valence-corrected chi connectivity index (χ3v) is 6.71. The van der Waals surface area contributed by atoms with Gasteiger partial charge in [-0.3, -0.25) is 9.69 Å². The fourth-order valence-electron chi connectivity index (χ4n) is 3.98. The molecule has 0 aliphatic carbocycles. The molecule has 30 heavy (non-hydrogen) atoms. The predicted molar refractivity (Wildman–Crippen MR) is 117 cm³/mol. The summed E-state index contributed by atoms with van der Waals surface area (Å²) < 4.78 is 5.32. The minimum Gasteiger partial charge on any atom is -0.339 e. The molecule has 4 heterocycles. The molecule has 5 rings (SSSR count). The summed E-state index contributed by atoms with van der Waals surface area (Å²) in [5.74, 6) is 2.39.